The van der Waals surface area contributed by atoms with Crippen molar-refractivity contribution in [1.29, 1.82) is 0 Å². The van der Waals surface area contributed by atoms with Gasteiger partial charge < -0.3 is 5.11 Å². The molecule has 2 aromatic rings. The van der Waals surface area contributed by atoms with Crippen molar-refractivity contribution in [3.8, 4) is 0 Å². The Morgan fingerprint density at radius 2 is 1.83 bits per heavy atom. The van der Waals surface area contributed by atoms with Gasteiger partial charge in [-0.2, -0.15) is 0 Å². The third-order valence-corrected chi connectivity index (χ3v) is 3.61. The van der Waals surface area contributed by atoms with Gasteiger partial charge in [-0.15, -0.1) is 11.8 Å². The molecule has 1 unspecified atom stereocenters. The Bertz CT molecular complexity index is 540. The third kappa shape index (κ3) is 2.57. The summed E-state index contributed by atoms with van der Waals surface area (Å²) in [6.45, 7) is 1.72. The van der Waals surface area contributed by atoms with Crippen LogP contribution in [0.2, 0.25) is 0 Å². The lowest BCUT2D eigenvalue weighted by Crippen LogP contribution is -2.04. The van der Waals surface area contributed by atoms with Gasteiger partial charge in [-0.05, 0) is 36.4 Å². The summed E-state index contributed by atoms with van der Waals surface area (Å²) in [6, 6.07) is 12.6. The van der Waals surface area contributed by atoms with Crippen LogP contribution in [-0.2, 0) is 0 Å². The molecule has 0 aromatic heterocycles. The van der Waals surface area contributed by atoms with Gasteiger partial charge in [0.05, 0.1) is 0 Å². The van der Waals surface area contributed by atoms with Gasteiger partial charge in [0.2, 0.25) is 0 Å². The first-order valence-corrected chi connectivity index (χ1v) is 6.93. The summed E-state index contributed by atoms with van der Waals surface area (Å²) in [5.41, 5.74) is 1.60. The van der Waals surface area contributed by atoms with Crippen molar-refractivity contribution in [3.63, 3.8) is 0 Å². The van der Waals surface area contributed by atoms with Gasteiger partial charge in [0.25, 0.3) is 0 Å². The van der Waals surface area contributed by atoms with E-state index in [2.05, 4.69) is 0 Å². The van der Waals surface area contributed by atoms with Gasteiger partial charge in [0.15, 0.2) is 0 Å². The minimum atomic E-state index is -0.919. The van der Waals surface area contributed by atoms with Crippen molar-refractivity contribution < 1.29 is 9.50 Å². The van der Waals surface area contributed by atoms with Crippen molar-refractivity contribution in [2.45, 2.75) is 17.9 Å². The number of aliphatic hydroxyl groups is 1. The fourth-order valence-electron chi connectivity index (χ4n) is 1.89. The highest BCUT2D eigenvalue weighted by Crippen LogP contribution is 2.29. The van der Waals surface area contributed by atoms with E-state index in [1.165, 1.54) is 0 Å². The van der Waals surface area contributed by atoms with E-state index in [4.69, 9.17) is 0 Å². The van der Waals surface area contributed by atoms with Gasteiger partial charge in [0.1, 0.15) is 11.9 Å². The van der Waals surface area contributed by atoms with Gasteiger partial charge in [-0.3, -0.25) is 0 Å². The molecule has 0 heterocycles. The van der Waals surface area contributed by atoms with Crippen molar-refractivity contribution in [2.24, 2.45) is 0 Å². The second-order valence-electron chi connectivity index (χ2n) is 4.16. The normalized spacial score (nSPS) is 12.4. The lowest BCUT2D eigenvalue weighted by atomic mass is 9.99. The van der Waals surface area contributed by atoms with Gasteiger partial charge in [0, 0.05) is 10.5 Å². The molecule has 3 heteroatoms. The lowest BCUT2D eigenvalue weighted by molar-refractivity contribution is 0.214. The zero-order chi connectivity index (χ0) is 13.1. The first-order chi connectivity index (χ1) is 8.63. The molecule has 2 rings (SSSR count). The smallest absolute Gasteiger partial charge is 0.132 e. The van der Waals surface area contributed by atoms with Crippen molar-refractivity contribution in [3.05, 3.63) is 65.0 Å². The molecule has 94 valence electrons. The van der Waals surface area contributed by atoms with E-state index in [-0.39, 0.29) is 5.82 Å². The molecule has 0 aliphatic heterocycles. The highest BCUT2D eigenvalue weighted by molar-refractivity contribution is 7.98. The Labute approximate surface area is 111 Å². The molecule has 1 N–H and O–H groups in total. The maximum absolute atomic E-state index is 14.1. The fraction of sp³-hybridized carbons (Fsp3) is 0.200. The molecule has 1 nitrogen and oxygen atoms in total. The molecule has 18 heavy (non-hydrogen) atoms. The monoisotopic (exact) mass is 262 g/mol. The Morgan fingerprint density at radius 3 is 2.44 bits per heavy atom. The van der Waals surface area contributed by atoms with Crippen LogP contribution in [0.4, 0.5) is 4.39 Å². The quantitative estimate of drug-likeness (QED) is 0.845. The number of hydrogen-bond donors (Lipinski definition) is 1. The van der Waals surface area contributed by atoms with Crippen LogP contribution in [0.15, 0.2) is 47.4 Å². The summed E-state index contributed by atoms with van der Waals surface area (Å²) in [5.74, 6) is -0.329. The zero-order valence-corrected chi connectivity index (χ0v) is 11.2. The molecule has 0 spiro atoms. The standard InChI is InChI=1S/C15H15FOS/c1-10-8-12(18-2)9-13(14(10)16)15(17)11-6-4-3-5-7-11/h3-9,15,17H,1-2H3. The average molecular weight is 262 g/mol. The van der Waals surface area contributed by atoms with E-state index in [9.17, 15) is 9.50 Å². The molecule has 1 atom stereocenters. The van der Waals surface area contributed by atoms with Crippen LogP contribution in [0.25, 0.3) is 0 Å². The highest BCUT2D eigenvalue weighted by atomic mass is 32.2. The summed E-state index contributed by atoms with van der Waals surface area (Å²) in [6.07, 6.45) is 1.02. The predicted molar refractivity (Wildman–Crippen MR) is 73.4 cm³/mol. The topological polar surface area (TPSA) is 20.2 Å². The van der Waals surface area contributed by atoms with E-state index < -0.39 is 6.10 Å². The predicted octanol–water partition coefficient (Wildman–Crippen LogP) is 3.94. The molecule has 0 saturated heterocycles. The van der Waals surface area contributed by atoms with Gasteiger partial charge >= 0.3 is 0 Å². The van der Waals surface area contributed by atoms with E-state index in [1.54, 1.807) is 43.0 Å². The molecule has 0 bridgehead atoms. The van der Waals surface area contributed by atoms with E-state index in [0.717, 1.165) is 4.90 Å². The zero-order valence-electron chi connectivity index (χ0n) is 10.4. The van der Waals surface area contributed by atoms with Crippen LogP contribution >= 0.6 is 11.8 Å². The maximum Gasteiger partial charge on any atom is 0.132 e. The fourth-order valence-corrected chi connectivity index (χ4v) is 2.43. The van der Waals surface area contributed by atoms with Crippen molar-refractivity contribution in [2.75, 3.05) is 6.26 Å². The Balaban J connectivity index is 2.47. The molecule has 0 amide bonds. The average Bonchev–Trinajstić information content (AvgIpc) is 2.42. The second kappa shape index (κ2) is 5.55. The Kier molecular flexibility index (Phi) is 4.04. The number of aliphatic hydroxyl groups excluding tert-OH is 1. The van der Waals surface area contributed by atoms with Crippen LogP contribution in [-0.4, -0.2) is 11.4 Å². The number of rotatable bonds is 3. The molecule has 0 aliphatic rings. The Morgan fingerprint density at radius 1 is 1.17 bits per heavy atom. The first kappa shape index (κ1) is 13.1. The minimum absolute atomic E-state index is 0.329. The van der Waals surface area contributed by atoms with Gasteiger partial charge in [-0.1, -0.05) is 30.3 Å². The van der Waals surface area contributed by atoms with E-state index >= 15 is 0 Å². The van der Waals surface area contributed by atoms with Crippen LogP contribution in [0.5, 0.6) is 0 Å². The van der Waals surface area contributed by atoms with Crippen LogP contribution in [0.1, 0.15) is 22.8 Å². The molecule has 0 fully saturated rings. The van der Waals surface area contributed by atoms with Crippen molar-refractivity contribution in [1.82, 2.24) is 0 Å². The number of benzene rings is 2. The summed E-state index contributed by atoms with van der Waals surface area (Å²) >= 11 is 1.54. The number of thioether (sulfide) groups is 1. The molecule has 0 saturated carbocycles. The molecular weight excluding hydrogens is 247 g/mol. The van der Waals surface area contributed by atoms with Crippen LogP contribution < -0.4 is 0 Å². The molecular formula is C15H15FOS. The Hall–Kier alpha value is -1.32. The summed E-state index contributed by atoms with van der Waals surface area (Å²) < 4.78 is 14.1. The molecule has 2 aromatic carbocycles. The maximum atomic E-state index is 14.1. The third-order valence-electron chi connectivity index (χ3n) is 2.90. The largest absolute Gasteiger partial charge is 0.384 e. The minimum Gasteiger partial charge on any atom is -0.384 e. The number of aryl methyl sites for hydroxylation is 1. The lowest BCUT2D eigenvalue weighted by Gasteiger charge is -2.15. The summed E-state index contributed by atoms with van der Waals surface area (Å²) in [4.78, 5) is 0.957. The van der Waals surface area contributed by atoms with Crippen LogP contribution in [0.3, 0.4) is 0 Å². The van der Waals surface area contributed by atoms with E-state index in [0.29, 0.717) is 16.7 Å². The summed E-state index contributed by atoms with van der Waals surface area (Å²) in [5, 5.41) is 10.3. The number of halogens is 1. The van der Waals surface area contributed by atoms with Crippen LogP contribution in [0, 0.1) is 12.7 Å². The second-order valence-corrected chi connectivity index (χ2v) is 5.04. The highest BCUT2D eigenvalue weighted by Gasteiger charge is 2.17. The SMILES string of the molecule is CSc1cc(C)c(F)c(C(O)c2ccccc2)c1. The van der Waals surface area contributed by atoms with Crippen molar-refractivity contribution >= 4 is 11.8 Å². The van der Waals surface area contributed by atoms with Gasteiger partial charge in [-0.25, -0.2) is 4.39 Å². The first-order valence-electron chi connectivity index (χ1n) is 5.70. The van der Waals surface area contributed by atoms with E-state index in [1.807, 2.05) is 24.5 Å². The number of hydrogen-bond acceptors (Lipinski definition) is 2. The molecule has 0 aliphatic carbocycles. The summed E-state index contributed by atoms with van der Waals surface area (Å²) in [7, 11) is 0. The molecule has 0 radical (unpaired) electrons.